The Morgan fingerprint density at radius 2 is 1.97 bits per heavy atom. The Kier molecular flexibility index (Phi) is 6.46. The number of aliphatic imine (C=N–C) groups is 1. The van der Waals surface area contributed by atoms with E-state index in [0.717, 1.165) is 40.6 Å². The highest BCUT2D eigenvalue weighted by molar-refractivity contribution is 9.10. The Morgan fingerprint density at radius 3 is 2.59 bits per heavy atom. The minimum absolute atomic E-state index is 0.0315. The van der Waals surface area contributed by atoms with Gasteiger partial charge in [0.05, 0.1) is 13.2 Å². The summed E-state index contributed by atoms with van der Waals surface area (Å²) in [4.78, 5) is 31.7. The fourth-order valence-corrected chi connectivity index (χ4v) is 4.12. The number of ether oxygens (including phenoxy) is 1. The van der Waals surface area contributed by atoms with Crippen LogP contribution in [0.4, 0.5) is 4.79 Å². The molecule has 1 aromatic rings. The molecule has 29 heavy (non-hydrogen) atoms. The summed E-state index contributed by atoms with van der Waals surface area (Å²) < 4.78 is 5.77. The highest BCUT2D eigenvalue weighted by atomic mass is 79.9. The maximum absolute atomic E-state index is 13.4. The van der Waals surface area contributed by atoms with Gasteiger partial charge in [0.15, 0.2) is 0 Å². The van der Waals surface area contributed by atoms with Gasteiger partial charge < -0.3 is 15.0 Å². The zero-order chi connectivity index (χ0) is 21.2. The minimum atomic E-state index is -0.656. The van der Waals surface area contributed by atoms with Gasteiger partial charge in [0.2, 0.25) is 5.91 Å². The normalized spacial score (nSPS) is 20.2. The Hall–Kier alpha value is -2.15. The van der Waals surface area contributed by atoms with Gasteiger partial charge in [-0.05, 0) is 41.5 Å². The maximum Gasteiger partial charge on any atom is 0.407 e. The number of nitrogens with zero attached hydrogens (tertiary/aromatic N) is 2. The molecule has 1 fully saturated rings. The van der Waals surface area contributed by atoms with E-state index in [4.69, 9.17) is 4.74 Å². The third-order valence-corrected chi connectivity index (χ3v) is 5.98. The highest BCUT2D eigenvalue weighted by Gasteiger charge is 2.41. The van der Waals surface area contributed by atoms with E-state index in [0.29, 0.717) is 6.54 Å². The Labute approximate surface area is 180 Å². The molecule has 2 aliphatic rings. The van der Waals surface area contributed by atoms with Gasteiger partial charge >= 0.3 is 6.09 Å². The molecule has 2 amide bonds. The van der Waals surface area contributed by atoms with Crippen molar-refractivity contribution >= 4 is 39.2 Å². The molecule has 3 rings (SSSR count). The quantitative estimate of drug-likeness (QED) is 0.721. The van der Waals surface area contributed by atoms with E-state index in [9.17, 15) is 9.59 Å². The molecule has 6 nitrogen and oxygen atoms in total. The van der Waals surface area contributed by atoms with Crippen LogP contribution in [0.5, 0.6) is 0 Å². The fourth-order valence-electron chi connectivity index (χ4n) is 3.86. The van der Waals surface area contributed by atoms with Gasteiger partial charge in [-0.25, -0.2) is 4.79 Å². The molecule has 0 saturated carbocycles. The molecule has 156 valence electrons. The topological polar surface area (TPSA) is 71.0 Å². The van der Waals surface area contributed by atoms with Crippen molar-refractivity contribution < 1.29 is 14.3 Å². The van der Waals surface area contributed by atoms with Crippen molar-refractivity contribution in [1.29, 1.82) is 0 Å². The van der Waals surface area contributed by atoms with Crippen molar-refractivity contribution in [2.75, 3.05) is 13.7 Å². The van der Waals surface area contributed by atoms with Gasteiger partial charge in [-0.3, -0.25) is 9.79 Å². The monoisotopic (exact) mass is 461 g/mol. The summed E-state index contributed by atoms with van der Waals surface area (Å²) in [6, 6.07) is 7.49. The lowest BCUT2D eigenvalue weighted by molar-refractivity contribution is -0.135. The lowest BCUT2D eigenvalue weighted by Crippen LogP contribution is -2.56. The second-order valence-corrected chi connectivity index (χ2v) is 9.50. The van der Waals surface area contributed by atoms with E-state index in [2.05, 4.69) is 38.4 Å². The van der Waals surface area contributed by atoms with Crippen molar-refractivity contribution in [3.63, 3.8) is 0 Å². The highest BCUT2D eigenvalue weighted by Crippen LogP contribution is 2.32. The Balaban J connectivity index is 1.73. The molecule has 0 unspecified atom stereocenters. The number of hydrogen-bond donors (Lipinski definition) is 1. The van der Waals surface area contributed by atoms with E-state index >= 15 is 0 Å². The predicted octanol–water partition coefficient (Wildman–Crippen LogP) is 4.40. The van der Waals surface area contributed by atoms with E-state index in [-0.39, 0.29) is 11.9 Å². The molecule has 2 aliphatic heterocycles. The number of likely N-dealkylation sites (tertiary alicyclic amines) is 1. The number of rotatable bonds is 4. The van der Waals surface area contributed by atoms with E-state index in [1.165, 1.54) is 7.11 Å². The van der Waals surface area contributed by atoms with Crippen molar-refractivity contribution in [1.82, 2.24) is 10.2 Å². The van der Waals surface area contributed by atoms with Crippen molar-refractivity contribution in [2.45, 2.75) is 52.1 Å². The lowest BCUT2D eigenvalue weighted by atomic mass is 9.85. The summed E-state index contributed by atoms with van der Waals surface area (Å²) in [5.41, 5.74) is 2.88. The van der Waals surface area contributed by atoms with E-state index < -0.39 is 17.6 Å². The zero-order valence-corrected chi connectivity index (χ0v) is 19.0. The number of benzene rings is 1. The third kappa shape index (κ3) is 4.89. The summed E-state index contributed by atoms with van der Waals surface area (Å²) >= 11 is 3.46. The molecule has 0 aromatic heterocycles. The molecule has 0 spiro atoms. The van der Waals surface area contributed by atoms with Gasteiger partial charge in [-0.1, -0.05) is 48.8 Å². The van der Waals surface area contributed by atoms with Gasteiger partial charge in [-0.15, -0.1) is 0 Å². The Morgan fingerprint density at radius 1 is 1.28 bits per heavy atom. The molecule has 2 heterocycles. The number of amides is 2. The number of nitrogens with one attached hydrogen (secondary N) is 1. The summed E-state index contributed by atoms with van der Waals surface area (Å²) in [7, 11) is 1.31. The second-order valence-electron chi connectivity index (χ2n) is 8.58. The van der Waals surface area contributed by atoms with Crippen LogP contribution in [0.2, 0.25) is 0 Å². The van der Waals surface area contributed by atoms with E-state index in [1.807, 2.05) is 44.0 Å². The van der Waals surface area contributed by atoms with Crippen LogP contribution in [0, 0.1) is 5.41 Å². The number of carbonyl (C=O) groups is 2. The number of alkyl carbamates (subject to hydrolysis) is 1. The molecule has 0 radical (unpaired) electrons. The van der Waals surface area contributed by atoms with Gasteiger partial charge in [-0.2, -0.15) is 0 Å². The second kappa shape index (κ2) is 8.69. The van der Waals surface area contributed by atoms with Gasteiger partial charge in [0.25, 0.3) is 0 Å². The lowest BCUT2D eigenvalue weighted by Gasteiger charge is -2.35. The summed E-state index contributed by atoms with van der Waals surface area (Å²) in [6.07, 6.45) is 3.87. The number of carbonyl (C=O) groups excluding carboxylic acids is 2. The average Bonchev–Trinajstić information content (AvgIpc) is 3.34. The molecule has 1 saturated heterocycles. The van der Waals surface area contributed by atoms with Gasteiger partial charge in [0.1, 0.15) is 6.04 Å². The number of methoxy groups -OCH3 is 1. The number of halogens is 1. The van der Waals surface area contributed by atoms with Crippen LogP contribution in [0.15, 0.2) is 39.9 Å². The van der Waals surface area contributed by atoms with Crippen LogP contribution in [-0.2, 0) is 9.53 Å². The van der Waals surface area contributed by atoms with Crippen LogP contribution >= 0.6 is 15.9 Å². The van der Waals surface area contributed by atoms with Gasteiger partial charge in [0, 0.05) is 29.3 Å². The summed E-state index contributed by atoms with van der Waals surface area (Å²) in [6.45, 7) is 6.50. The van der Waals surface area contributed by atoms with Crippen molar-refractivity contribution in [3.05, 3.63) is 40.5 Å². The summed E-state index contributed by atoms with van der Waals surface area (Å²) in [5.74, 6) is -0.0785. The molecular formula is C22H28BrN3O3. The molecule has 2 atom stereocenters. The molecule has 7 heteroatoms. The first kappa shape index (κ1) is 21.6. The third-order valence-electron chi connectivity index (χ3n) is 5.45. The van der Waals surface area contributed by atoms with E-state index in [1.54, 1.807) is 0 Å². The van der Waals surface area contributed by atoms with Crippen LogP contribution < -0.4 is 5.32 Å². The summed E-state index contributed by atoms with van der Waals surface area (Å²) in [5, 5.41) is 2.72. The molecule has 0 bridgehead atoms. The van der Waals surface area contributed by atoms with Crippen molar-refractivity contribution in [2.24, 2.45) is 10.4 Å². The maximum atomic E-state index is 13.4. The van der Waals surface area contributed by atoms with Crippen LogP contribution in [-0.4, -0.2) is 48.4 Å². The fraction of sp³-hybridized carbons (Fsp3) is 0.500. The molecule has 1 N–H and O–H groups in total. The van der Waals surface area contributed by atoms with Crippen molar-refractivity contribution in [3.8, 4) is 0 Å². The number of hydrogen-bond acceptors (Lipinski definition) is 4. The molecular weight excluding hydrogens is 434 g/mol. The Bertz CT molecular complexity index is 840. The average molecular weight is 462 g/mol. The number of allylic oxidation sites excluding steroid dienone is 1. The largest absolute Gasteiger partial charge is 0.453 e. The first-order chi connectivity index (χ1) is 13.7. The predicted molar refractivity (Wildman–Crippen MR) is 118 cm³/mol. The van der Waals surface area contributed by atoms with Crippen LogP contribution in [0.3, 0.4) is 0 Å². The van der Waals surface area contributed by atoms with Crippen LogP contribution in [0.1, 0.15) is 45.6 Å². The zero-order valence-electron chi connectivity index (χ0n) is 17.4. The minimum Gasteiger partial charge on any atom is -0.453 e. The van der Waals surface area contributed by atoms with Crippen LogP contribution in [0.25, 0.3) is 5.57 Å². The molecule has 1 aromatic carbocycles. The smallest absolute Gasteiger partial charge is 0.407 e. The standard InChI is InChI=1S/C22H28BrN3O3/c1-22(2,3)19(25-21(28)29-4)20(27)26-11-5-6-18(26)17-12-15(13-24-17)14-7-9-16(23)10-8-14/h7-10,13,18-19H,5-6,11-12H2,1-4H3,(H,25,28)/t18-,19+/m0/s1. The first-order valence-electron chi connectivity index (χ1n) is 9.87. The molecule has 0 aliphatic carbocycles. The first-order valence-corrected chi connectivity index (χ1v) is 10.7. The SMILES string of the molecule is COC(=O)N[C@H](C(=O)N1CCC[C@H]1C1=NC=C(c2ccc(Br)cc2)C1)C(C)(C)C.